The Kier molecular flexibility index (Phi) is 3.03. The first-order valence-electron chi connectivity index (χ1n) is 6.40. The molecule has 2 aromatic heterocycles. The maximum absolute atomic E-state index is 12.4. The number of hydrogen-bond acceptors (Lipinski definition) is 4. The highest BCUT2D eigenvalue weighted by Gasteiger charge is 2.32. The summed E-state index contributed by atoms with van der Waals surface area (Å²) in [6.45, 7) is 2.48. The number of nitrogens with zero attached hydrogens (tertiary/aromatic N) is 3. The highest BCUT2D eigenvalue weighted by Crippen LogP contribution is 2.31. The maximum Gasteiger partial charge on any atom is 0.276 e. The Hall–Kier alpha value is -2.17. The van der Waals surface area contributed by atoms with Gasteiger partial charge in [-0.2, -0.15) is 0 Å². The molecule has 98 valence electrons. The second kappa shape index (κ2) is 4.84. The molecule has 1 unspecified atom stereocenters. The zero-order valence-corrected chi connectivity index (χ0v) is 10.7. The van der Waals surface area contributed by atoms with E-state index >= 15 is 0 Å². The SMILES string of the molecule is Cc1nc(C(=O)N2CCCC2c2ccccn2)co1. The molecule has 5 heteroatoms. The Morgan fingerprint density at radius 2 is 2.37 bits per heavy atom. The van der Waals surface area contributed by atoms with Crippen molar-refractivity contribution in [1.82, 2.24) is 14.9 Å². The van der Waals surface area contributed by atoms with E-state index in [2.05, 4.69) is 9.97 Å². The molecule has 1 aliphatic rings. The Bertz CT molecular complexity index is 579. The van der Waals surface area contributed by atoms with Crippen molar-refractivity contribution >= 4 is 5.91 Å². The van der Waals surface area contributed by atoms with Crippen LogP contribution in [0.2, 0.25) is 0 Å². The minimum absolute atomic E-state index is 0.0470. The molecule has 1 amide bonds. The Labute approximate surface area is 111 Å². The molecule has 1 saturated heterocycles. The lowest BCUT2D eigenvalue weighted by Gasteiger charge is -2.23. The van der Waals surface area contributed by atoms with Crippen molar-refractivity contribution in [3.05, 3.63) is 47.9 Å². The van der Waals surface area contributed by atoms with Gasteiger partial charge in [-0.15, -0.1) is 0 Å². The molecule has 2 aromatic rings. The van der Waals surface area contributed by atoms with E-state index in [0.717, 1.165) is 25.1 Å². The van der Waals surface area contributed by atoms with Crippen molar-refractivity contribution in [2.45, 2.75) is 25.8 Å². The van der Waals surface area contributed by atoms with Gasteiger partial charge in [-0.05, 0) is 25.0 Å². The first-order chi connectivity index (χ1) is 9.25. The fraction of sp³-hybridized carbons (Fsp3) is 0.357. The summed E-state index contributed by atoms with van der Waals surface area (Å²) in [4.78, 5) is 22.7. The van der Waals surface area contributed by atoms with Crippen LogP contribution in [0.15, 0.2) is 35.1 Å². The smallest absolute Gasteiger partial charge is 0.276 e. The monoisotopic (exact) mass is 257 g/mol. The van der Waals surface area contributed by atoms with Gasteiger partial charge < -0.3 is 9.32 Å². The highest BCUT2D eigenvalue weighted by molar-refractivity contribution is 5.92. The number of hydrogen-bond donors (Lipinski definition) is 0. The van der Waals surface area contributed by atoms with Crippen LogP contribution in [0, 0.1) is 6.92 Å². The number of rotatable bonds is 2. The number of likely N-dealkylation sites (tertiary alicyclic amines) is 1. The summed E-state index contributed by atoms with van der Waals surface area (Å²) in [6.07, 6.45) is 5.12. The fourth-order valence-corrected chi connectivity index (χ4v) is 2.50. The van der Waals surface area contributed by atoms with Gasteiger partial charge in [-0.25, -0.2) is 4.98 Å². The summed E-state index contributed by atoms with van der Waals surface area (Å²) in [5.74, 6) is 0.432. The van der Waals surface area contributed by atoms with E-state index in [0.29, 0.717) is 11.6 Å². The van der Waals surface area contributed by atoms with Gasteiger partial charge in [0.05, 0.1) is 11.7 Å². The van der Waals surface area contributed by atoms with Crippen molar-refractivity contribution in [3.8, 4) is 0 Å². The largest absolute Gasteiger partial charge is 0.448 e. The molecule has 1 aliphatic heterocycles. The number of amides is 1. The second-order valence-corrected chi connectivity index (χ2v) is 4.66. The van der Waals surface area contributed by atoms with Crippen molar-refractivity contribution in [3.63, 3.8) is 0 Å². The average Bonchev–Trinajstić information content (AvgIpc) is 3.07. The summed E-state index contributed by atoms with van der Waals surface area (Å²) < 4.78 is 5.11. The summed E-state index contributed by atoms with van der Waals surface area (Å²) >= 11 is 0. The molecular weight excluding hydrogens is 242 g/mol. The van der Waals surface area contributed by atoms with E-state index in [4.69, 9.17) is 4.42 Å². The van der Waals surface area contributed by atoms with Crippen LogP contribution in [0.3, 0.4) is 0 Å². The topological polar surface area (TPSA) is 59.2 Å². The van der Waals surface area contributed by atoms with E-state index in [1.165, 1.54) is 6.26 Å². The van der Waals surface area contributed by atoms with Crippen molar-refractivity contribution in [2.75, 3.05) is 6.54 Å². The lowest BCUT2D eigenvalue weighted by molar-refractivity contribution is 0.0727. The van der Waals surface area contributed by atoms with Crippen molar-refractivity contribution in [1.29, 1.82) is 0 Å². The molecule has 5 nitrogen and oxygen atoms in total. The number of aromatic nitrogens is 2. The lowest BCUT2D eigenvalue weighted by atomic mass is 10.1. The third-order valence-corrected chi connectivity index (χ3v) is 3.38. The number of aryl methyl sites for hydroxylation is 1. The minimum Gasteiger partial charge on any atom is -0.448 e. The molecular formula is C14H15N3O2. The standard InChI is InChI=1S/C14H15N3O2/c1-10-16-12(9-19-10)14(18)17-8-4-6-13(17)11-5-2-3-7-15-11/h2-3,5,7,9,13H,4,6,8H2,1H3. The first-order valence-corrected chi connectivity index (χ1v) is 6.40. The van der Waals surface area contributed by atoms with Crippen LogP contribution >= 0.6 is 0 Å². The Morgan fingerprint density at radius 3 is 3.05 bits per heavy atom. The fourth-order valence-electron chi connectivity index (χ4n) is 2.50. The molecule has 1 fully saturated rings. The number of carbonyl (C=O) groups is 1. The van der Waals surface area contributed by atoms with Crippen LogP contribution in [-0.4, -0.2) is 27.3 Å². The van der Waals surface area contributed by atoms with Crippen LogP contribution in [-0.2, 0) is 0 Å². The molecule has 0 saturated carbocycles. The van der Waals surface area contributed by atoms with Crippen LogP contribution in [0.4, 0.5) is 0 Å². The molecule has 0 aromatic carbocycles. The van der Waals surface area contributed by atoms with Gasteiger partial charge >= 0.3 is 0 Å². The van der Waals surface area contributed by atoms with Gasteiger partial charge in [-0.3, -0.25) is 9.78 Å². The third kappa shape index (κ3) is 2.23. The molecule has 3 rings (SSSR count). The number of carbonyl (C=O) groups excluding carboxylic acids is 1. The van der Waals surface area contributed by atoms with Gasteiger partial charge in [0.15, 0.2) is 11.6 Å². The van der Waals surface area contributed by atoms with Crippen LogP contribution < -0.4 is 0 Å². The normalized spacial score (nSPS) is 18.8. The second-order valence-electron chi connectivity index (χ2n) is 4.66. The minimum atomic E-state index is -0.0787. The summed E-state index contributed by atoms with van der Waals surface area (Å²) in [5.41, 5.74) is 1.31. The predicted molar refractivity (Wildman–Crippen MR) is 68.5 cm³/mol. The highest BCUT2D eigenvalue weighted by atomic mass is 16.3. The maximum atomic E-state index is 12.4. The molecule has 0 spiro atoms. The molecule has 3 heterocycles. The third-order valence-electron chi connectivity index (χ3n) is 3.38. The van der Waals surface area contributed by atoms with E-state index in [1.807, 2.05) is 23.1 Å². The van der Waals surface area contributed by atoms with Gasteiger partial charge in [0.2, 0.25) is 0 Å². The first kappa shape index (κ1) is 11.9. The van der Waals surface area contributed by atoms with Crippen molar-refractivity contribution < 1.29 is 9.21 Å². The summed E-state index contributed by atoms with van der Waals surface area (Å²) in [7, 11) is 0. The van der Waals surface area contributed by atoms with Crippen LogP contribution in [0.5, 0.6) is 0 Å². The van der Waals surface area contributed by atoms with E-state index in [9.17, 15) is 4.79 Å². The Balaban J connectivity index is 1.86. The summed E-state index contributed by atoms with van der Waals surface area (Å²) in [6, 6.07) is 5.84. The average molecular weight is 257 g/mol. The zero-order valence-electron chi connectivity index (χ0n) is 10.7. The van der Waals surface area contributed by atoms with Gasteiger partial charge in [0, 0.05) is 19.7 Å². The zero-order chi connectivity index (χ0) is 13.2. The lowest BCUT2D eigenvalue weighted by Crippen LogP contribution is -2.31. The van der Waals surface area contributed by atoms with Gasteiger partial charge in [0.25, 0.3) is 5.91 Å². The van der Waals surface area contributed by atoms with Crippen LogP contribution in [0.25, 0.3) is 0 Å². The van der Waals surface area contributed by atoms with Crippen LogP contribution in [0.1, 0.15) is 41.0 Å². The molecule has 1 atom stereocenters. The molecule has 19 heavy (non-hydrogen) atoms. The predicted octanol–water partition coefficient (Wildman–Crippen LogP) is 2.36. The molecule has 0 bridgehead atoms. The van der Waals surface area contributed by atoms with Gasteiger partial charge in [0.1, 0.15) is 6.26 Å². The van der Waals surface area contributed by atoms with Gasteiger partial charge in [-0.1, -0.05) is 6.07 Å². The van der Waals surface area contributed by atoms with Crippen molar-refractivity contribution in [2.24, 2.45) is 0 Å². The quantitative estimate of drug-likeness (QED) is 0.828. The molecule has 0 N–H and O–H groups in total. The number of oxazole rings is 1. The van der Waals surface area contributed by atoms with E-state index in [1.54, 1.807) is 13.1 Å². The van der Waals surface area contributed by atoms with E-state index < -0.39 is 0 Å². The van der Waals surface area contributed by atoms with E-state index in [-0.39, 0.29) is 11.9 Å². The molecule has 0 radical (unpaired) electrons. The molecule has 0 aliphatic carbocycles. The Morgan fingerprint density at radius 1 is 1.47 bits per heavy atom. The summed E-state index contributed by atoms with van der Waals surface area (Å²) in [5, 5.41) is 0. The number of pyridine rings is 1.